The van der Waals surface area contributed by atoms with E-state index >= 15 is 0 Å². The van der Waals surface area contributed by atoms with Gasteiger partial charge in [0.1, 0.15) is 5.82 Å². The Labute approximate surface area is 116 Å². The highest BCUT2D eigenvalue weighted by Gasteiger charge is 2.41. The van der Waals surface area contributed by atoms with Gasteiger partial charge in [0.25, 0.3) is 5.91 Å². The average Bonchev–Trinajstić information content (AvgIpc) is 2.40. The first kappa shape index (κ1) is 14.5. The van der Waals surface area contributed by atoms with Crippen LogP contribution in [-0.2, 0) is 4.79 Å². The van der Waals surface area contributed by atoms with Crippen molar-refractivity contribution in [3.05, 3.63) is 35.6 Å². The van der Waals surface area contributed by atoms with Crippen LogP contribution in [0.4, 0.5) is 4.39 Å². The number of β-amino-alcohol motifs (C(OH)–C–C–N with tert-alkyl or cyclic N) is 1. The zero-order valence-corrected chi connectivity index (χ0v) is 11.2. The van der Waals surface area contributed by atoms with E-state index in [1.54, 1.807) is 0 Å². The van der Waals surface area contributed by atoms with Crippen LogP contribution < -0.4 is 5.32 Å². The molecular formula is C14H17FN2O3. The van der Waals surface area contributed by atoms with Crippen molar-refractivity contribution in [2.45, 2.75) is 18.9 Å². The first-order valence-corrected chi connectivity index (χ1v) is 6.47. The van der Waals surface area contributed by atoms with E-state index in [0.29, 0.717) is 6.42 Å². The molecule has 20 heavy (non-hydrogen) atoms. The highest BCUT2D eigenvalue weighted by molar-refractivity contribution is 5.96. The number of likely N-dealkylation sites (tertiary alicyclic amines) is 1. The summed E-state index contributed by atoms with van der Waals surface area (Å²) in [5, 5.41) is 12.2. The van der Waals surface area contributed by atoms with Crippen LogP contribution in [-0.4, -0.2) is 47.1 Å². The summed E-state index contributed by atoms with van der Waals surface area (Å²) in [7, 11) is 0. The Hall–Kier alpha value is -1.95. The number of nitrogens with zero attached hydrogens (tertiary/aromatic N) is 1. The smallest absolute Gasteiger partial charge is 0.251 e. The normalized spacial score (nSPS) is 16.4. The van der Waals surface area contributed by atoms with E-state index in [4.69, 9.17) is 0 Å². The van der Waals surface area contributed by atoms with Crippen molar-refractivity contribution in [1.82, 2.24) is 10.2 Å². The quantitative estimate of drug-likeness (QED) is 0.845. The Bertz CT molecular complexity index is 527. The van der Waals surface area contributed by atoms with Crippen LogP contribution in [0.25, 0.3) is 0 Å². The van der Waals surface area contributed by atoms with Crippen molar-refractivity contribution in [3.8, 4) is 0 Å². The molecule has 0 aromatic heterocycles. The van der Waals surface area contributed by atoms with Gasteiger partial charge in [-0.15, -0.1) is 0 Å². The third-order valence-electron chi connectivity index (χ3n) is 3.47. The molecule has 1 aromatic carbocycles. The van der Waals surface area contributed by atoms with E-state index < -0.39 is 17.3 Å². The minimum Gasteiger partial charge on any atom is -0.386 e. The lowest BCUT2D eigenvalue weighted by molar-refractivity contribution is -0.154. The fraction of sp³-hybridized carbons (Fsp3) is 0.429. The number of rotatable bonds is 4. The number of hydrogen-bond donors (Lipinski definition) is 2. The van der Waals surface area contributed by atoms with Crippen LogP contribution in [0, 0.1) is 5.82 Å². The minimum atomic E-state index is -0.789. The summed E-state index contributed by atoms with van der Waals surface area (Å²) in [5.74, 6) is -1.25. The van der Waals surface area contributed by atoms with Gasteiger partial charge < -0.3 is 15.3 Å². The zero-order chi connectivity index (χ0) is 14.8. The number of carbonyl (C=O) groups is 2. The fourth-order valence-corrected chi connectivity index (χ4v) is 2.06. The molecule has 1 aliphatic rings. The Morgan fingerprint density at radius 3 is 2.75 bits per heavy atom. The molecule has 0 unspecified atom stereocenters. The summed E-state index contributed by atoms with van der Waals surface area (Å²) in [4.78, 5) is 25.0. The molecule has 108 valence electrons. The predicted octanol–water partition coefficient (Wildman–Crippen LogP) is 0.539. The molecule has 6 heteroatoms. The highest BCUT2D eigenvalue weighted by atomic mass is 19.1. The van der Waals surface area contributed by atoms with E-state index in [9.17, 15) is 19.1 Å². The maximum Gasteiger partial charge on any atom is 0.251 e. The van der Waals surface area contributed by atoms with Gasteiger partial charge >= 0.3 is 0 Å². The molecule has 2 rings (SSSR count). The molecule has 1 heterocycles. The first-order chi connectivity index (χ1) is 9.43. The average molecular weight is 280 g/mol. The van der Waals surface area contributed by atoms with Crippen LogP contribution >= 0.6 is 0 Å². The topological polar surface area (TPSA) is 69.6 Å². The number of nitrogens with one attached hydrogen (secondary N) is 1. The second kappa shape index (κ2) is 5.58. The van der Waals surface area contributed by atoms with E-state index in [0.717, 1.165) is 6.07 Å². The van der Waals surface area contributed by atoms with Gasteiger partial charge in [0, 0.05) is 5.56 Å². The number of amides is 2. The number of benzene rings is 1. The van der Waals surface area contributed by atoms with E-state index in [-0.39, 0.29) is 31.1 Å². The first-order valence-electron chi connectivity index (χ1n) is 6.47. The van der Waals surface area contributed by atoms with Crippen LogP contribution in [0.3, 0.4) is 0 Å². The lowest BCUT2D eigenvalue weighted by atomic mass is 9.91. The maximum atomic E-state index is 13.0. The molecule has 2 amide bonds. The van der Waals surface area contributed by atoms with Gasteiger partial charge in [-0.3, -0.25) is 9.59 Å². The van der Waals surface area contributed by atoms with Crippen molar-refractivity contribution < 1.29 is 19.1 Å². The number of halogens is 1. The molecular weight excluding hydrogens is 263 g/mol. The van der Waals surface area contributed by atoms with Crippen LogP contribution in [0.2, 0.25) is 0 Å². The zero-order valence-electron chi connectivity index (χ0n) is 11.2. The minimum absolute atomic E-state index is 0.158. The molecule has 0 radical (unpaired) electrons. The van der Waals surface area contributed by atoms with E-state index in [1.165, 1.54) is 23.1 Å². The summed E-state index contributed by atoms with van der Waals surface area (Å²) < 4.78 is 13.0. The predicted molar refractivity (Wildman–Crippen MR) is 70.6 cm³/mol. The third kappa shape index (κ3) is 3.14. The van der Waals surface area contributed by atoms with Gasteiger partial charge in [-0.2, -0.15) is 0 Å². The lowest BCUT2D eigenvalue weighted by Gasteiger charge is -2.46. The summed E-state index contributed by atoms with van der Waals surface area (Å²) in [5.41, 5.74) is -0.617. The summed E-state index contributed by atoms with van der Waals surface area (Å²) in [6, 6.07) is 5.26. The molecule has 1 fully saturated rings. The second-order valence-electron chi connectivity index (χ2n) is 5.02. The second-order valence-corrected chi connectivity index (χ2v) is 5.02. The highest BCUT2D eigenvalue weighted by Crippen LogP contribution is 2.23. The summed E-state index contributed by atoms with van der Waals surface area (Å²) in [6.07, 6.45) is 0.590. The van der Waals surface area contributed by atoms with Crippen molar-refractivity contribution in [2.24, 2.45) is 0 Å². The van der Waals surface area contributed by atoms with Crippen molar-refractivity contribution in [1.29, 1.82) is 0 Å². The van der Waals surface area contributed by atoms with Gasteiger partial charge in [-0.05, 0) is 24.6 Å². The summed E-state index contributed by atoms with van der Waals surface area (Å²) >= 11 is 0. The molecule has 1 aliphatic heterocycles. The van der Waals surface area contributed by atoms with Crippen molar-refractivity contribution in [3.63, 3.8) is 0 Å². The Kier molecular flexibility index (Phi) is 4.04. The van der Waals surface area contributed by atoms with Crippen molar-refractivity contribution in [2.75, 3.05) is 19.6 Å². The number of aliphatic hydroxyl groups is 1. The van der Waals surface area contributed by atoms with E-state index in [1.807, 2.05) is 6.92 Å². The Morgan fingerprint density at radius 2 is 2.15 bits per heavy atom. The lowest BCUT2D eigenvalue weighted by Crippen LogP contribution is -2.64. The fourth-order valence-electron chi connectivity index (χ4n) is 2.06. The van der Waals surface area contributed by atoms with E-state index in [2.05, 4.69) is 5.32 Å². The molecule has 0 spiro atoms. The van der Waals surface area contributed by atoms with Crippen molar-refractivity contribution >= 4 is 11.8 Å². The Balaban J connectivity index is 1.81. The molecule has 0 bridgehead atoms. The summed E-state index contributed by atoms with van der Waals surface area (Å²) in [6.45, 7) is 2.28. The molecule has 2 N–H and O–H groups in total. The van der Waals surface area contributed by atoms with Gasteiger partial charge in [0.2, 0.25) is 5.91 Å². The van der Waals surface area contributed by atoms with Crippen LogP contribution in [0.1, 0.15) is 23.7 Å². The number of carbonyl (C=O) groups excluding carboxylic acids is 2. The maximum absolute atomic E-state index is 13.0. The molecule has 0 saturated carbocycles. The molecule has 1 saturated heterocycles. The molecule has 5 nitrogen and oxygen atoms in total. The largest absolute Gasteiger partial charge is 0.386 e. The van der Waals surface area contributed by atoms with Gasteiger partial charge in [0.05, 0.1) is 25.2 Å². The van der Waals surface area contributed by atoms with Gasteiger partial charge in [-0.1, -0.05) is 13.0 Å². The number of hydrogen-bond acceptors (Lipinski definition) is 3. The molecule has 0 aliphatic carbocycles. The SMILES string of the molecule is CCC1(O)CN(C(=O)CNC(=O)c2cccc(F)c2)C1. The monoisotopic (exact) mass is 280 g/mol. The van der Waals surface area contributed by atoms with Gasteiger partial charge in [0.15, 0.2) is 0 Å². The molecule has 1 aromatic rings. The van der Waals surface area contributed by atoms with Gasteiger partial charge in [-0.25, -0.2) is 4.39 Å². The molecule has 0 atom stereocenters. The van der Waals surface area contributed by atoms with Crippen LogP contribution in [0.5, 0.6) is 0 Å². The van der Waals surface area contributed by atoms with Crippen LogP contribution in [0.15, 0.2) is 24.3 Å². The standard InChI is InChI=1S/C14H17FN2O3/c1-2-14(20)8-17(9-14)12(18)7-16-13(19)10-4-3-5-11(15)6-10/h3-6,20H,2,7-9H2,1H3,(H,16,19). The Morgan fingerprint density at radius 1 is 1.45 bits per heavy atom. The third-order valence-corrected chi connectivity index (χ3v) is 3.47.